The van der Waals surface area contributed by atoms with Gasteiger partial charge in [-0.3, -0.25) is 9.59 Å². The van der Waals surface area contributed by atoms with Crippen LogP contribution in [0, 0.1) is 6.92 Å². The van der Waals surface area contributed by atoms with Crippen molar-refractivity contribution in [1.82, 2.24) is 0 Å². The maximum absolute atomic E-state index is 9.64. The Morgan fingerprint density at radius 3 is 1.44 bits per heavy atom. The number of rotatable bonds is 17. The number of carboxylic acids is 2. The normalized spacial score (nSPS) is 10.1. The zero-order valence-corrected chi connectivity index (χ0v) is 19.9. The molecule has 0 saturated carbocycles. The van der Waals surface area contributed by atoms with E-state index in [-0.39, 0.29) is 42.4 Å². The Bertz CT molecular complexity index is 311. The third-order valence-corrected chi connectivity index (χ3v) is 4.06. The molecule has 0 aromatic heterocycles. The Balaban J connectivity index is -0.000000542. The summed E-state index contributed by atoms with van der Waals surface area (Å²) in [6.45, 7) is 6.15. The molecule has 154 valence electrons. The first kappa shape index (κ1) is 31.4. The number of aliphatic carboxylic acids is 2. The van der Waals surface area contributed by atoms with Gasteiger partial charge in [0.2, 0.25) is 0 Å². The van der Waals surface area contributed by atoms with Crippen LogP contribution in [0.2, 0.25) is 0 Å². The third kappa shape index (κ3) is 37.2. The molecule has 5 heteroatoms. The molecule has 0 bridgehead atoms. The molecule has 0 heterocycles. The van der Waals surface area contributed by atoms with Crippen molar-refractivity contribution >= 4 is 11.9 Å². The minimum atomic E-state index is -1.08. The third-order valence-electron chi connectivity index (χ3n) is 4.06. The Labute approximate surface area is 189 Å². The van der Waals surface area contributed by atoms with Crippen molar-refractivity contribution in [3.8, 4) is 0 Å². The van der Waals surface area contributed by atoms with Crippen LogP contribution in [-0.4, -0.2) is 22.2 Å². The van der Waals surface area contributed by atoms with Crippen molar-refractivity contribution in [1.29, 1.82) is 0 Å². The average Bonchev–Trinajstić information content (AvgIpc) is 2.61. The van der Waals surface area contributed by atoms with E-state index in [0.717, 1.165) is 6.42 Å². The number of unbranched alkanes of at least 4 members (excludes halogenated alkanes) is 12. The van der Waals surface area contributed by atoms with Crippen molar-refractivity contribution in [2.75, 3.05) is 0 Å². The van der Waals surface area contributed by atoms with Crippen LogP contribution in [0.3, 0.4) is 0 Å². The first-order chi connectivity index (χ1) is 12.5. The quantitative estimate of drug-likeness (QED) is 0.171. The van der Waals surface area contributed by atoms with Crippen LogP contribution in [0.5, 0.6) is 0 Å². The van der Waals surface area contributed by atoms with E-state index in [0.29, 0.717) is 0 Å². The summed E-state index contributed by atoms with van der Waals surface area (Å²) in [5.74, 6) is -2.15. The van der Waals surface area contributed by atoms with Crippen molar-refractivity contribution < 1.29 is 49.4 Å². The minimum absolute atomic E-state index is 0. The van der Waals surface area contributed by atoms with Gasteiger partial charge in [0.1, 0.15) is 0 Å². The summed E-state index contributed by atoms with van der Waals surface area (Å²) in [7, 11) is 0. The van der Waals surface area contributed by atoms with Gasteiger partial charge in [0.05, 0.1) is 12.8 Å². The van der Waals surface area contributed by atoms with Gasteiger partial charge in [-0.15, -0.1) is 0 Å². The van der Waals surface area contributed by atoms with Gasteiger partial charge in [-0.1, -0.05) is 76.9 Å². The average molecular weight is 393 g/mol. The summed E-state index contributed by atoms with van der Waals surface area (Å²) < 4.78 is 0. The van der Waals surface area contributed by atoms with E-state index in [1.165, 1.54) is 83.5 Å². The molecule has 0 saturated heterocycles. The predicted molar refractivity (Wildman–Crippen MR) is 109 cm³/mol. The fraction of sp³-hybridized carbons (Fsp3) is 0.773. The molecule has 0 aromatic carbocycles. The molecule has 4 nitrogen and oxygen atoms in total. The van der Waals surface area contributed by atoms with Gasteiger partial charge in [-0.2, -0.15) is 6.42 Å². The molecule has 27 heavy (non-hydrogen) atoms. The van der Waals surface area contributed by atoms with E-state index < -0.39 is 11.9 Å². The molecule has 0 radical (unpaired) electrons. The molecular formula is C22H41NaO4. The number of hydrogen-bond acceptors (Lipinski definition) is 2. The molecule has 0 aromatic rings. The summed E-state index contributed by atoms with van der Waals surface area (Å²) in [5, 5.41) is 15.8. The second-order valence-corrected chi connectivity index (χ2v) is 6.73. The summed E-state index contributed by atoms with van der Waals surface area (Å²) in [4.78, 5) is 19.3. The maximum atomic E-state index is 9.64. The molecule has 0 aliphatic heterocycles. The van der Waals surface area contributed by atoms with E-state index in [2.05, 4.69) is 26.0 Å². The summed E-state index contributed by atoms with van der Waals surface area (Å²) in [5.41, 5.74) is 0. The van der Waals surface area contributed by atoms with Crippen LogP contribution in [0.4, 0.5) is 0 Å². The number of hydrogen-bond donors (Lipinski definition) is 2. The SMILES string of the molecule is O=C(O)CCC(=O)O.[CH2-]CCCCCCC/C=C\CCCCCCCC.[Na+]. The topological polar surface area (TPSA) is 74.6 Å². The molecular weight excluding hydrogens is 351 g/mol. The molecule has 0 aliphatic carbocycles. The van der Waals surface area contributed by atoms with E-state index in [9.17, 15) is 9.59 Å². The second-order valence-electron chi connectivity index (χ2n) is 6.73. The van der Waals surface area contributed by atoms with Crippen molar-refractivity contribution in [3.05, 3.63) is 19.1 Å². The minimum Gasteiger partial charge on any atom is -0.481 e. The molecule has 0 rings (SSSR count). The molecule has 0 atom stereocenters. The Hall–Kier alpha value is -0.320. The monoisotopic (exact) mass is 392 g/mol. The summed E-state index contributed by atoms with van der Waals surface area (Å²) in [6.07, 6.45) is 23.3. The van der Waals surface area contributed by atoms with E-state index >= 15 is 0 Å². The van der Waals surface area contributed by atoms with Crippen LogP contribution in [0.25, 0.3) is 0 Å². The van der Waals surface area contributed by atoms with Gasteiger partial charge in [0.15, 0.2) is 0 Å². The van der Waals surface area contributed by atoms with Crippen molar-refractivity contribution in [2.45, 2.75) is 110 Å². The van der Waals surface area contributed by atoms with Gasteiger partial charge < -0.3 is 17.1 Å². The van der Waals surface area contributed by atoms with Gasteiger partial charge in [0, 0.05) is 0 Å². The largest absolute Gasteiger partial charge is 1.00 e. The smallest absolute Gasteiger partial charge is 0.481 e. The fourth-order valence-corrected chi connectivity index (χ4v) is 2.46. The van der Waals surface area contributed by atoms with Crippen LogP contribution in [0.1, 0.15) is 110 Å². The zero-order chi connectivity index (χ0) is 19.9. The molecule has 0 aliphatic rings. The molecule has 0 amide bonds. The van der Waals surface area contributed by atoms with Crippen LogP contribution >= 0.6 is 0 Å². The standard InChI is InChI=1S/C18H35.C4H6O4.Na/c1-3-5-7-9-11-13-15-17-18-16-14-12-10-8-6-4-2;5-3(6)1-2-4(7)8;/h17-18H,1,3-16H2,2H3;1-2H2,(H,5,6)(H,7,8);/q-1;;+1/b18-17-;;. The van der Waals surface area contributed by atoms with E-state index in [1.54, 1.807) is 0 Å². The summed E-state index contributed by atoms with van der Waals surface area (Å²) in [6, 6.07) is 0. The van der Waals surface area contributed by atoms with E-state index in [1.807, 2.05) is 0 Å². The van der Waals surface area contributed by atoms with E-state index in [4.69, 9.17) is 10.2 Å². The van der Waals surface area contributed by atoms with Gasteiger partial charge in [0.25, 0.3) is 0 Å². The summed E-state index contributed by atoms with van der Waals surface area (Å²) >= 11 is 0. The van der Waals surface area contributed by atoms with Crippen LogP contribution < -0.4 is 29.6 Å². The van der Waals surface area contributed by atoms with Crippen molar-refractivity contribution in [2.24, 2.45) is 0 Å². The molecule has 0 spiro atoms. The Morgan fingerprint density at radius 1 is 0.704 bits per heavy atom. The Kier molecular flexibility index (Phi) is 32.4. The van der Waals surface area contributed by atoms with Gasteiger partial charge >= 0.3 is 41.5 Å². The molecule has 0 fully saturated rings. The molecule has 0 unspecified atom stereocenters. The Morgan fingerprint density at radius 2 is 1.07 bits per heavy atom. The van der Waals surface area contributed by atoms with Crippen LogP contribution in [0.15, 0.2) is 12.2 Å². The number of carbonyl (C=O) groups is 2. The number of allylic oxidation sites excluding steroid dienone is 2. The zero-order valence-electron chi connectivity index (χ0n) is 17.9. The number of carboxylic acid groups (broad SMARTS) is 2. The first-order valence-corrected chi connectivity index (χ1v) is 10.4. The van der Waals surface area contributed by atoms with Crippen molar-refractivity contribution in [3.63, 3.8) is 0 Å². The first-order valence-electron chi connectivity index (χ1n) is 10.4. The fourth-order valence-electron chi connectivity index (χ4n) is 2.46. The maximum Gasteiger partial charge on any atom is 1.00 e. The van der Waals surface area contributed by atoms with Gasteiger partial charge in [-0.05, 0) is 25.7 Å². The molecule has 2 N–H and O–H groups in total. The van der Waals surface area contributed by atoms with Crippen LogP contribution in [-0.2, 0) is 9.59 Å². The van der Waals surface area contributed by atoms with Gasteiger partial charge in [-0.25, -0.2) is 0 Å². The predicted octanol–water partition coefficient (Wildman–Crippen LogP) is 3.80. The second kappa shape index (κ2) is 27.9.